The van der Waals surface area contributed by atoms with Crippen LogP contribution in [0.1, 0.15) is 17.5 Å². The van der Waals surface area contributed by atoms with Gasteiger partial charge in [0, 0.05) is 13.1 Å². The summed E-state index contributed by atoms with van der Waals surface area (Å²) in [6, 6.07) is 8.32. The molecule has 0 unspecified atom stereocenters. The van der Waals surface area contributed by atoms with Crippen LogP contribution in [0, 0.1) is 0 Å². The van der Waals surface area contributed by atoms with E-state index in [0.29, 0.717) is 6.54 Å². The average Bonchev–Trinajstić information content (AvgIpc) is 2.49. The SMILES string of the molecule is NCC(=O)N1CCCc2ccccc2C1. The Bertz CT molecular complexity index is 362. The third kappa shape index (κ3) is 2.18. The van der Waals surface area contributed by atoms with Crippen LogP contribution in [0.3, 0.4) is 0 Å². The Hall–Kier alpha value is -1.35. The van der Waals surface area contributed by atoms with Crippen molar-refractivity contribution in [2.24, 2.45) is 5.73 Å². The van der Waals surface area contributed by atoms with E-state index in [9.17, 15) is 4.79 Å². The lowest BCUT2D eigenvalue weighted by Gasteiger charge is -2.19. The zero-order chi connectivity index (χ0) is 10.7. The highest BCUT2D eigenvalue weighted by Crippen LogP contribution is 2.18. The number of nitrogens with zero attached hydrogens (tertiary/aromatic N) is 1. The minimum absolute atomic E-state index is 0.0479. The van der Waals surface area contributed by atoms with Crippen LogP contribution < -0.4 is 5.73 Å². The molecule has 0 fully saturated rings. The van der Waals surface area contributed by atoms with Crippen molar-refractivity contribution in [3.05, 3.63) is 35.4 Å². The minimum Gasteiger partial charge on any atom is -0.337 e. The molecule has 0 atom stereocenters. The van der Waals surface area contributed by atoms with Gasteiger partial charge in [0.15, 0.2) is 0 Å². The van der Waals surface area contributed by atoms with Gasteiger partial charge in [-0.25, -0.2) is 0 Å². The standard InChI is InChI=1S/C12H16N2O/c13-8-12(15)14-7-3-6-10-4-1-2-5-11(10)9-14/h1-2,4-5H,3,6-9,13H2. The molecule has 2 N–H and O–H groups in total. The van der Waals surface area contributed by atoms with Crippen LogP contribution in [0.5, 0.6) is 0 Å². The number of carbonyl (C=O) groups is 1. The van der Waals surface area contributed by atoms with E-state index in [1.54, 1.807) is 0 Å². The van der Waals surface area contributed by atoms with E-state index in [4.69, 9.17) is 5.73 Å². The van der Waals surface area contributed by atoms with E-state index < -0.39 is 0 Å². The van der Waals surface area contributed by atoms with Crippen molar-refractivity contribution in [1.29, 1.82) is 0 Å². The molecule has 2 rings (SSSR count). The molecule has 1 amide bonds. The highest BCUT2D eigenvalue weighted by Gasteiger charge is 2.16. The predicted octanol–water partition coefficient (Wildman–Crippen LogP) is 0.920. The van der Waals surface area contributed by atoms with E-state index in [1.807, 2.05) is 11.0 Å². The number of hydrogen-bond donors (Lipinski definition) is 1. The third-order valence-electron chi connectivity index (χ3n) is 2.88. The quantitative estimate of drug-likeness (QED) is 0.739. The molecule has 0 spiro atoms. The van der Waals surface area contributed by atoms with Gasteiger partial charge < -0.3 is 10.6 Å². The zero-order valence-electron chi connectivity index (χ0n) is 8.78. The lowest BCUT2D eigenvalue weighted by molar-refractivity contribution is -0.130. The molecule has 0 saturated carbocycles. The van der Waals surface area contributed by atoms with Crippen LogP contribution in [0.15, 0.2) is 24.3 Å². The fourth-order valence-electron chi connectivity index (χ4n) is 2.04. The lowest BCUT2D eigenvalue weighted by Crippen LogP contribution is -2.35. The summed E-state index contributed by atoms with van der Waals surface area (Å²) in [4.78, 5) is 13.4. The van der Waals surface area contributed by atoms with E-state index in [1.165, 1.54) is 11.1 Å². The molecule has 3 heteroatoms. The van der Waals surface area contributed by atoms with Gasteiger partial charge in [0.05, 0.1) is 6.54 Å². The summed E-state index contributed by atoms with van der Waals surface area (Å²) >= 11 is 0. The molecule has 80 valence electrons. The monoisotopic (exact) mass is 204 g/mol. The number of carbonyl (C=O) groups excluding carboxylic acids is 1. The molecule has 1 aromatic rings. The van der Waals surface area contributed by atoms with Crippen LogP contribution in [-0.4, -0.2) is 23.9 Å². The predicted molar refractivity (Wildman–Crippen MR) is 59.2 cm³/mol. The molecule has 0 aromatic heterocycles. The second-order valence-electron chi connectivity index (χ2n) is 3.89. The molecule has 1 heterocycles. The van der Waals surface area contributed by atoms with Gasteiger partial charge in [0.1, 0.15) is 0 Å². The van der Waals surface area contributed by atoms with E-state index in [0.717, 1.165) is 19.4 Å². The van der Waals surface area contributed by atoms with Gasteiger partial charge in [-0.05, 0) is 24.0 Å². The summed E-state index contributed by atoms with van der Waals surface area (Å²) in [6.45, 7) is 1.65. The van der Waals surface area contributed by atoms with Gasteiger partial charge in [-0.1, -0.05) is 24.3 Å². The highest BCUT2D eigenvalue weighted by atomic mass is 16.2. The van der Waals surface area contributed by atoms with Crippen LogP contribution in [-0.2, 0) is 17.8 Å². The summed E-state index contributed by atoms with van der Waals surface area (Å²) in [5, 5.41) is 0. The van der Waals surface area contributed by atoms with Crippen LogP contribution >= 0.6 is 0 Å². The van der Waals surface area contributed by atoms with Crippen molar-refractivity contribution in [1.82, 2.24) is 4.90 Å². The highest BCUT2D eigenvalue weighted by molar-refractivity contribution is 5.78. The number of rotatable bonds is 1. The van der Waals surface area contributed by atoms with Crippen molar-refractivity contribution >= 4 is 5.91 Å². The summed E-state index contributed by atoms with van der Waals surface area (Å²) in [5.41, 5.74) is 8.01. The first-order valence-electron chi connectivity index (χ1n) is 5.36. The molecule has 0 aliphatic carbocycles. The molecule has 0 radical (unpaired) electrons. The Morgan fingerprint density at radius 1 is 1.33 bits per heavy atom. The summed E-state index contributed by atoms with van der Waals surface area (Å²) in [6.07, 6.45) is 2.09. The molecule has 0 saturated heterocycles. The number of nitrogens with two attached hydrogens (primary N) is 1. The van der Waals surface area contributed by atoms with E-state index >= 15 is 0 Å². The number of benzene rings is 1. The van der Waals surface area contributed by atoms with Crippen LogP contribution in [0.2, 0.25) is 0 Å². The van der Waals surface area contributed by atoms with E-state index in [2.05, 4.69) is 18.2 Å². The average molecular weight is 204 g/mol. The van der Waals surface area contributed by atoms with Gasteiger partial charge in [0.2, 0.25) is 5.91 Å². The second-order valence-corrected chi connectivity index (χ2v) is 3.89. The Kier molecular flexibility index (Phi) is 3.02. The first-order chi connectivity index (χ1) is 7.31. The summed E-state index contributed by atoms with van der Waals surface area (Å²) < 4.78 is 0. The largest absolute Gasteiger partial charge is 0.337 e. The Morgan fingerprint density at radius 3 is 2.80 bits per heavy atom. The zero-order valence-corrected chi connectivity index (χ0v) is 8.78. The number of aryl methyl sites for hydroxylation is 1. The fourth-order valence-corrected chi connectivity index (χ4v) is 2.04. The summed E-state index contributed by atoms with van der Waals surface area (Å²) in [5.74, 6) is 0.0479. The number of fused-ring (bicyclic) bond motifs is 1. The van der Waals surface area contributed by atoms with Crippen molar-refractivity contribution in [3.8, 4) is 0 Å². The van der Waals surface area contributed by atoms with Crippen molar-refractivity contribution < 1.29 is 4.79 Å². The molecule has 1 aromatic carbocycles. The van der Waals surface area contributed by atoms with Gasteiger partial charge in [-0.3, -0.25) is 4.79 Å². The molecule has 1 aliphatic heterocycles. The molecule has 15 heavy (non-hydrogen) atoms. The first kappa shape index (κ1) is 10.2. The summed E-state index contributed by atoms with van der Waals surface area (Å²) in [7, 11) is 0. The van der Waals surface area contributed by atoms with Gasteiger partial charge >= 0.3 is 0 Å². The molecule has 0 bridgehead atoms. The topological polar surface area (TPSA) is 46.3 Å². The smallest absolute Gasteiger partial charge is 0.236 e. The third-order valence-corrected chi connectivity index (χ3v) is 2.88. The van der Waals surface area contributed by atoms with Gasteiger partial charge in [-0.2, -0.15) is 0 Å². The number of amides is 1. The first-order valence-corrected chi connectivity index (χ1v) is 5.36. The van der Waals surface area contributed by atoms with Crippen LogP contribution in [0.4, 0.5) is 0 Å². The molecule has 3 nitrogen and oxygen atoms in total. The maximum Gasteiger partial charge on any atom is 0.236 e. The Morgan fingerprint density at radius 2 is 2.07 bits per heavy atom. The van der Waals surface area contributed by atoms with Gasteiger partial charge in [0.25, 0.3) is 0 Å². The second kappa shape index (κ2) is 4.45. The molecular formula is C12H16N2O. The molecular weight excluding hydrogens is 188 g/mol. The van der Waals surface area contributed by atoms with Crippen molar-refractivity contribution in [2.75, 3.05) is 13.1 Å². The number of hydrogen-bond acceptors (Lipinski definition) is 2. The molecule has 1 aliphatic rings. The maximum absolute atomic E-state index is 11.5. The Labute approximate surface area is 89.9 Å². The maximum atomic E-state index is 11.5. The van der Waals surface area contributed by atoms with Crippen molar-refractivity contribution in [3.63, 3.8) is 0 Å². The van der Waals surface area contributed by atoms with E-state index in [-0.39, 0.29) is 12.5 Å². The lowest BCUT2D eigenvalue weighted by atomic mass is 10.0. The van der Waals surface area contributed by atoms with Crippen LogP contribution in [0.25, 0.3) is 0 Å². The van der Waals surface area contributed by atoms with Crippen molar-refractivity contribution in [2.45, 2.75) is 19.4 Å². The normalized spacial score (nSPS) is 15.7. The fraction of sp³-hybridized carbons (Fsp3) is 0.417. The Balaban J connectivity index is 2.21. The van der Waals surface area contributed by atoms with Gasteiger partial charge in [-0.15, -0.1) is 0 Å². The minimum atomic E-state index is 0.0479.